The largest absolute Gasteiger partial charge is 0.390 e. The first-order chi connectivity index (χ1) is 5.02. The lowest BCUT2D eigenvalue weighted by Crippen LogP contribution is -2.49. The molecule has 64 valence electrons. The van der Waals surface area contributed by atoms with Crippen molar-refractivity contribution < 1.29 is 5.11 Å². The van der Waals surface area contributed by atoms with Crippen LogP contribution in [0.4, 0.5) is 0 Å². The first-order valence-corrected chi connectivity index (χ1v) is 4.74. The van der Waals surface area contributed by atoms with Gasteiger partial charge < -0.3 is 5.11 Å². The summed E-state index contributed by atoms with van der Waals surface area (Å²) in [5, 5.41) is 10.0. The van der Waals surface area contributed by atoms with Gasteiger partial charge in [-0.3, -0.25) is 0 Å². The summed E-state index contributed by atoms with van der Waals surface area (Å²) in [6.07, 6.45) is 6.22. The van der Waals surface area contributed by atoms with Gasteiger partial charge in [0.15, 0.2) is 0 Å². The van der Waals surface area contributed by atoms with Crippen LogP contribution in [0.2, 0.25) is 0 Å². The molecule has 1 atom stereocenters. The van der Waals surface area contributed by atoms with Crippen LogP contribution in [0.15, 0.2) is 0 Å². The minimum Gasteiger partial charge on any atom is -0.390 e. The molecule has 3 saturated carbocycles. The summed E-state index contributed by atoms with van der Waals surface area (Å²) in [6.45, 7) is 4.35. The van der Waals surface area contributed by atoms with E-state index in [1.54, 1.807) is 0 Å². The van der Waals surface area contributed by atoms with Gasteiger partial charge in [0.25, 0.3) is 0 Å². The number of rotatable bonds is 0. The first-order valence-electron chi connectivity index (χ1n) is 4.74. The van der Waals surface area contributed by atoms with Gasteiger partial charge in [-0.1, -0.05) is 6.92 Å². The van der Waals surface area contributed by atoms with Crippen LogP contribution in [0.1, 0.15) is 46.0 Å². The molecular weight excluding hydrogens is 136 g/mol. The summed E-state index contributed by atoms with van der Waals surface area (Å²) in [6, 6.07) is 0. The Bertz CT molecular complexity index is 161. The van der Waals surface area contributed by atoms with E-state index >= 15 is 0 Å². The van der Waals surface area contributed by atoms with Gasteiger partial charge in [-0.15, -0.1) is 0 Å². The summed E-state index contributed by atoms with van der Waals surface area (Å²) in [5.41, 5.74) is 0.128. The maximum absolute atomic E-state index is 10.0. The summed E-state index contributed by atoms with van der Waals surface area (Å²) in [5.74, 6) is 0.601. The highest BCUT2D eigenvalue weighted by atomic mass is 16.3. The third-order valence-corrected chi connectivity index (χ3v) is 3.86. The maximum atomic E-state index is 10.0. The van der Waals surface area contributed by atoms with E-state index in [0.717, 1.165) is 6.42 Å². The van der Waals surface area contributed by atoms with Gasteiger partial charge in [-0.05, 0) is 50.4 Å². The summed E-state index contributed by atoms with van der Waals surface area (Å²) >= 11 is 0. The molecule has 0 aliphatic heterocycles. The van der Waals surface area contributed by atoms with Crippen LogP contribution in [0, 0.1) is 11.3 Å². The molecule has 11 heavy (non-hydrogen) atoms. The minimum atomic E-state index is -0.342. The number of hydrogen-bond acceptors (Lipinski definition) is 1. The average Bonchev–Trinajstić information content (AvgIpc) is 1.84. The molecule has 3 rings (SSSR count). The molecule has 0 heterocycles. The lowest BCUT2D eigenvalue weighted by molar-refractivity contribution is -0.116. The molecule has 3 fully saturated rings. The van der Waals surface area contributed by atoms with E-state index in [2.05, 4.69) is 6.92 Å². The van der Waals surface area contributed by atoms with Crippen molar-refractivity contribution in [1.82, 2.24) is 0 Å². The van der Waals surface area contributed by atoms with Crippen LogP contribution in [0.5, 0.6) is 0 Å². The Morgan fingerprint density at radius 1 is 1.18 bits per heavy atom. The van der Waals surface area contributed by atoms with E-state index in [-0.39, 0.29) is 5.60 Å². The fourth-order valence-electron chi connectivity index (χ4n) is 3.12. The predicted octanol–water partition coefficient (Wildman–Crippen LogP) is 2.34. The molecule has 1 heteroatoms. The van der Waals surface area contributed by atoms with E-state index in [0.29, 0.717) is 11.3 Å². The second kappa shape index (κ2) is 2.01. The van der Waals surface area contributed by atoms with Crippen molar-refractivity contribution in [3.63, 3.8) is 0 Å². The van der Waals surface area contributed by atoms with E-state index < -0.39 is 0 Å². The van der Waals surface area contributed by atoms with Gasteiger partial charge in [0.2, 0.25) is 0 Å². The van der Waals surface area contributed by atoms with Crippen molar-refractivity contribution in [3.05, 3.63) is 0 Å². The SMILES string of the molecule is CC12CCC(CC1)C(C)(O)C2. The highest BCUT2D eigenvalue weighted by molar-refractivity contribution is 5.00. The topological polar surface area (TPSA) is 20.2 Å². The smallest absolute Gasteiger partial charge is 0.0653 e. The fraction of sp³-hybridized carbons (Fsp3) is 1.00. The second-order valence-electron chi connectivity index (χ2n) is 5.12. The van der Waals surface area contributed by atoms with Crippen LogP contribution in [-0.2, 0) is 0 Å². The summed E-state index contributed by atoms with van der Waals surface area (Å²) < 4.78 is 0. The van der Waals surface area contributed by atoms with Crippen molar-refractivity contribution >= 4 is 0 Å². The summed E-state index contributed by atoms with van der Waals surface area (Å²) in [4.78, 5) is 0. The Hall–Kier alpha value is -0.0400. The zero-order chi connectivity index (χ0) is 8.11. The molecule has 1 N–H and O–H groups in total. The van der Waals surface area contributed by atoms with Crippen LogP contribution in [-0.4, -0.2) is 10.7 Å². The molecular formula is C10H18O. The lowest BCUT2D eigenvalue weighted by Gasteiger charge is -2.52. The molecule has 0 radical (unpaired) electrons. The third-order valence-electron chi connectivity index (χ3n) is 3.86. The van der Waals surface area contributed by atoms with Crippen molar-refractivity contribution in [2.24, 2.45) is 11.3 Å². The van der Waals surface area contributed by atoms with E-state index in [4.69, 9.17) is 0 Å². The molecule has 0 aromatic rings. The highest BCUT2D eigenvalue weighted by Gasteiger charge is 2.48. The Kier molecular flexibility index (Phi) is 1.39. The lowest BCUT2D eigenvalue weighted by atomic mass is 9.56. The quantitative estimate of drug-likeness (QED) is 0.568. The van der Waals surface area contributed by atoms with Crippen molar-refractivity contribution in [1.29, 1.82) is 0 Å². The molecule has 2 bridgehead atoms. The normalized spacial score (nSPS) is 56.5. The standard InChI is InChI=1S/C10H18O/c1-9-5-3-8(4-6-9)10(2,11)7-9/h8,11H,3-7H2,1-2H3. The highest BCUT2D eigenvalue weighted by Crippen LogP contribution is 2.54. The van der Waals surface area contributed by atoms with Crippen LogP contribution in [0.25, 0.3) is 0 Å². The Morgan fingerprint density at radius 2 is 1.73 bits per heavy atom. The molecule has 1 nitrogen and oxygen atoms in total. The maximum Gasteiger partial charge on any atom is 0.0653 e. The van der Waals surface area contributed by atoms with E-state index in [1.165, 1.54) is 25.7 Å². The molecule has 0 amide bonds. The molecule has 0 aromatic heterocycles. The van der Waals surface area contributed by atoms with Crippen LogP contribution < -0.4 is 0 Å². The molecule has 0 spiro atoms. The third kappa shape index (κ3) is 1.10. The number of fused-ring (bicyclic) bond motifs is 3. The number of hydrogen-bond donors (Lipinski definition) is 1. The fourth-order valence-corrected chi connectivity index (χ4v) is 3.12. The Balaban J connectivity index is 2.22. The van der Waals surface area contributed by atoms with Crippen molar-refractivity contribution in [3.8, 4) is 0 Å². The van der Waals surface area contributed by atoms with E-state index in [9.17, 15) is 5.11 Å². The second-order valence-corrected chi connectivity index (χ2v) is 5.12. The van der Waals surface area contributed by atoms with Gasteiger partial charge in [-0.25, -0.2) is 0 Å². The predicted molar refractivity (Wildman–Crippen MR) is 45.3 cm³/mol. The van der Waals surface area contributed by atoms with Gasteiger partial charge in [0.1, 0.15) is 0 Å². The van der Waals surface area contributed by atoms with Crippen molar-refractivity contribution in [2.45, 2.75) is 51.6 Å². The first kappa shape index (κ1) is 7.60. The average molecular weight is 154 g/mol. The molecule has 0 saturated heterocycles. The van der Waals surface area contributed by atoms with Gasteiger partial charge >= 0.3 is 0 Å². The Labute approximate surface area is 68.8 Å². The monoisotopic (exact) mass is 154 g/mol. The minimum absolute atomic E-state index is 0.342. The Morgan fingerprint density at radius 3 is 2.00 bits per heavy atom. The zero-order valence-electron chi connectivity index (χ0n) is 7.56. The van der Waals surface area contributed by atoms with Crippen LogP contribution in [0.3, 0.4) is 0 Å². The number of aliphatic hydroxyl groups is 1. The van der Waals surface area contributed by atoms with Gasteiger partial charge in [-0.2, -0.15) is 0 Å². The molecule has 0 aromatic carbocycles. The molecule has 3 aliphatic carbocycles. The van der Waals surface area contributed by atoms with E-state index in [1.807, 2.05) is 6.92 Å². The molecule has 1 unspecified atom stereocenters. The van der Waals surface area contributed by atoms with Crippen LogP contribution >= 0.6 is 0 Å². The van der Waals surface area contributed by atoms with Gasteiger partial charge in [0, 0.05) is 0 Å². The zero-order valence-corrected chi connectivity index (χ0v) is 7.56. The summed E-state index contributed by atoms with van der Waals surface area (Å²) in [7, 11) is 0. The van der Waals surface area contributed by atoms with Gasteiger partial charge in [0.05, 0.1) is 5.60 Å². The van der Waals surface area contributed by atoms with Crippen molar-refractivity contribution in [2.75, 3.05) is 0 Å². The molecule has 3 aliphatic rings.